The second-order valence-corrected chi connectivity index (χ2v) is 12.4. The number of ether oxygens (including phenoxy) is 3. The van der Waals surface area contributed by atoms with Gasteiger partial charge in [-0.05, 0) is 91.8 Å². The Hall–Kier alpha value is -3.40. The first-order chi connectivity index (χ1) is 17.3. The van der Waals surface area contributed by atoms with Gasteiger partial charge in [-0.3, -0.25) is 4.90 Å². The van der Waals surface area contributed by atoms with E-state index in [2.05, 4.69) is 4.98 Å². The van der Waals surface area contributed by atoms with Crippen molar-refractivity contribution in [1.82, 2.24) is 9.88 Å². The molecule has 0 unspecified atom stereocenters. The molecule has 1 aromatic carbocycles. The molecule has 0 saturated carbocycles. The Balaban J connectivity index is 2.04. The van der Waals surface area contributed by atoms with Crippen LogP contribution in [0.1, 0.15) is 80.3 Å². The molecule has 1 aliphatic rings. The molecule has 1 N–H and O–H groups in total. The SMILES string of the molecule is CC(C)(C)OC(=O)N(C(=O)OC(C)(C)C)c1nccc2cc([C@@H]3C[C@H](O)CN3C(=O)OC(C)(C)C)ccc12. The number of carbonyl (C=O) groups excluding carboxylic acids is 3. The predicted molar refractivity (Wildman–Crippen MR) is 143 cm³/mol. The number of fused-ring (bicyclic) bond motifs is 1. The number of carbonyl (C=O) groups is 3. The van der Waals surface area contributed by atoms with Crippen LogP contribution in [-0.2, 0) is 14.2 Å². The van der Waals surface area contributed by atoms with E-state index in [0.717, 1.165) is 10.5 Å². The molecule has 2 aromatic rings. The molecule has 3 rings (SSSR count). The summed E-state index contributed by atoms with van der Waals surface area (Å²) in [6.07, 6.45) is -1.18. The summed E-state index contributed by atoms with van der Waals surface area (Å²) < 4.78 is 16.5. The standard InChI is InChI=1S/C28H39N3O7/c1-26(2,3)36-23(33)30-16-19(32)15-21(30)18-10-11-20-17(14-18)12-13-29-22(20)31(24(34)37-27(4,5)6)25(35)38-28(7,8)9/h10-14,19,21,32H,15-16H2,1-9H3/t19-,21-/m0/s1. The minimum atomic E-state index is -0.911. The fourth-order valence-corrected chi connectivity index (χ4v) is 4.08. The molecule has 1 saturated heterocycles. The van der Waals surface area contributed by atoms with E-state index in [1.54, 1.807) is 80.5 Å². The van der Waals surface area contributed by atoms with Crippen molar-refractivity contribution in [1.29, 1.82) is 0 Å². The van der Waals surface area contributed by atoms with Crippen molar-refractivity contribution < 1.29 is 33.7 Å². The minimum Gasteiger partial charge on any atom is -0.444 e. The third kappa shape index (κ3) is 7.34. The zero-order chi connectivity index (χ0) is 28.6. The van der Waals surface area contributed by atoms with Crippen LogP contribution in [0.5, 0.6) is 0 Å². The van der Waals surface area contributed by atoms with Crippen molar-refractivity contribution in [2.75, 3.05) is 11.4 Å². The number of hydrogen-bond donors (Lipinski definition) is 1. The number of pyridine rings is 1. The highest BCUT2D eigenvalue weighted by Crippen LogP contribution is 2.36. The molecule has 1 aliphatic heterocycles. The lowest BCUT2D eigenvalue weighted by Gasteiger charge is -2.29. The summed E-state index contributed by atoms with van der Waals surface area (Å²) >= 11 is 0. The molecule has 2 atom stereocenters. The van der Waals surface area contributed by atoms with E-state index in [1.165, 1.54) is 11.1 Å². The van der Waals surface area contributed by atoms with Gasteiger partial charge in [0.1, 0.15) is 16.8 Å². The first kappa shape index (κ1) is 29.2. The molecular weight excluding hydrogens is 490 g/mol. The number of anilines is 1. The zero-order valence-corrected chi connectivity index (χ0v) is 23.7. The quantitative estimate of drug-likeness (QED) is 0.474. The molecule has 0 aliphatic carbocycles. The molecule has 38 heavy (non-hydrogen) atoms. The molecule has 0 bridgehead atoms. The molecule has 2 heterocycles. The summed E-state index contributed by atoms with van der Waals surface area (Å²) in [5, 5.41) is 11.5. The molecule has 0 spiro atoms. The highest BCUT2D eigenvalue weighted by Gasteiger charge is 2.38. The van der Waals surface area contributed by atoms with Crippen molar-refractivity contribution in [3.63, 3.8) is 0 Å². The maximum absolute atomic E-state index is 13.2. The number of β-amino-alcohol motifs (C(OH)–C–C–N with tert-alkyl or cyclic N) is 1. The third-order valence-electron chi connectivity index (χ3n) is 5.42. The zero-order valence-electron chi connectivity index (χ0n) is 23.7. The first-order valence-corrected chi connectivity index (χ1v) is 12.7. The number of hydrogen-bond acceptors (Lipinski definition) is 8. The van der Waals surface area contributed by atoms with Crippen LogP contribution in [-0.4, -0.2) is 62.7 Å². The minimum absolute atomic E-state index is 0.0630. The summed E-state index contributed by atoms with van der Waals surface area (Å²) in [4.78, 5) is 45.8. The lowest BCUT2D eigenvalue weighted by atomic mass is 10.00. The smallest absolute Gasteiger partial charge is 0.425 e. The van der Waals surface area contributed by atoms with E-state index in [4.69, 9.17) is 14.2 Å². The van der Waals surface area contributed by atoms with Gasteiger partial charge in [0, 0.05) is 11.6 Å². The number of amides is 3. The molecule has 1 aromatic heterocycles. The van der Waals surface area contributed by atoms with Crippen molar-refractivity contribution >= 4 is 34.9 Å². The molecule has 0 radical (unpaired) electrons. The Morgan fingerprint density at radius 1 is 0.895 bits per heavy atom. The lowest BCUT2D eigenvalue weighted by molar-refractivity contribution is 0.0205. The van der Waals surface area contributed by atoms with Crippen molar-refractivity contribution in [3.05, 3.63) is 36.0 Å². The number of aliphatic hydroxyl groups excluding tert-OH is 1. The summed E-state index contributed by atoms with van der Waals surface area (Å²) in [5.74, 6) is 0.0630. The van der Waals surface area contributed by atoms with E-state index in [0.29, 0.717) is 17.2 Å². The fraction of sp³-hybridized carbons (Fsp3) is 0.571. The Bertz CT molecular complexity index is 1180. The average Bonchev–Trinajstić information content (AvgIpc) is 3.12. The Labute approximate surface area is 223 Å². The monoisotopic (exact) mass is 529 g/mol. The van der Waals surface area contributed by atoms with Gasteiger partial charge in [-0.15, -0.1) is 0 Å². The molecule has 10 heteroatoms. The summed E-state index contributed by atoms with van der Waals surface area (Å²) in [6.45, 7) is 15.7. The second-order valence-electron chi connectivity index (χ2n) is 12.4. The highest BCUT2D eigenvalue weighted by atomic mass is 16.6. The van der Waals surface area contributed by atoms with E-state index in [9.17, 15) is 19.5 Å². The van der Waals surface area contributed by atoms with Crippen LogP contribution in [0.3, 0.4) is 0 Å². The van der Waals surface area contributed by atoms with Crippen LogP contribution >= 0.6 is 0 Å². The van der Waals surface area contributed by atoms with Gasteiger partial charge < -0.3 is 19.3 Å². The number of aliphatic hydroxyl groups is 1. The molecule has 10 nitrogen and oxygen atoms in total. The fourth-order valence-electron chi connectivity index (χ4n) is 4.08. The predicted octanol–water partition coefficient (Wildman–Crippen LogP) is 5.95. The Morgan fingerprint density at radius 3 is 1.97 bits per heavy atom. The Morgan fingerprint density at radius 2 is 1.45 bits per heavy atom. The van der Waals surface area contributed by atoms with Crippen LogP contribution in [0, 0.1) is 0 Å². The van der Waals surface area contributed by atoms with Crippen molar-refractivity contribution in [2.45, 2.75) is 97.7 Å². The van der Waals surface area contributed by atoms with Gasteiger partial charge in [0.15, 0.2) is 5.82 Å². The van der Waals surface area contributed by atoms with Crippen LogP contribution in [0.15, 0.2) is 30.5 Å². The molecule has 1 fully saturated rings. The second kappa shape index (κ2) is 10.4. The molecule has 3 amide bonds. The van der Waals surface area contributed by atoms with Crippen LogP contribution < -0.4 is 4.90 Å². The highest BCUT2D eigenvalue weighted by molar-refractivity contribution is 6.13. The number of benzene rings is 1. The van der Waals surface area contributed by atoms with Gasteiger partial charge in [0.25, 0.3) is 0 Å². The maximum Gasteiger partial charge on any atom is 0.425 e. The number of aromatic nitrogens is 1. The van der Waals surface area contributed by atoms with Gasteiger partial charge in [-0.1, -0.05) is 12.1 Å². The van der Waals surface area contributed by atoms with Crippen molar-refractivity contribution in [3.8, 4) is 0 Å². The van der Waals surface area contributed by atoms with Gasteiger partial charge in [0.2, 0.25) is 0 Å². The van der Waals surface area contributed by atoms with Crippen LogP contribution in [0.4, 0.5) is 20.2 Å². The van der Waals surface area contributed by atoms with E-state index < -0.39 is 47.2 Å². The average molecular weight is 530 g/mol. The maximum atomic E-state index is 13.2. The summed E-state index contributed by atoms with van der Waals surface area (Å²) in [5.41, 5.74) is -1.61. The van der Waals surface area contributed by atoms with E-state index in [1.807, 2.05) is 6.07 Å². The summed E-state index contributed by atoms with van der Waals surface area (Å²) in [7, 11) is 0. The normalized spacial score (nSPS) is 18.3. The van der Waals surface area contributed by atoms with Gasteiger partial charge >= 0.3 is 18.3 Å². The van der Waals surface area contributed by atoms with Gasteiger partial charge in [-0.25, -0.2) is 19.4 Å². The van der Waals surface area contributed by atoms with Crippen molar-refractivity contribution in [2.24, 2.45) is 0 Å². The van der Waals surface area contributed by atoms with Gasteiger partial charge in [0.05, 0.1) is 18.7 Å². The molecular formula is C28H39N3O7. The Kier molecular flexibility index (Phi) is 7.98. The first-order valence-electron chi connectivity index (χ1n) is 12.7. The van der Waals surface area contributed by atoms with E-state index in [-0.39, 0.29) is 12.4 Å². The van der Waals surface area contributed by atoms with Crippen LogP contribution in [0.25, 0.3) is 10.8 Å². The third-order valence-corrected chi connectivity index (χ3v) is 5.42. The largest absolute Gasteiger partial charge is 0.444 e. The van der Waals surface area contributed by atoms with E-state index >= 15 is 0 Å². The number of nitrogens with zero attached hydrogens (tertiary/aromatic N) is 3. The molecule has 208 valence electrons. The number of likely N-dealkylation sites (tertiary alicyclic amines) is 1. The lowest BCUT2D eigenvalue weighted by Crippen LogP contribution is -2.44. The van der Waals surface area contributed by atoms with Gasteiger partial charge in [-0.2, -0.15) is 4.90 Å². The topological polar surface area (TPSA) is 119 Å². The number of rotatable bonds is 2. The summed E-state index contributed by atoms with van der Waals surface area (Å²) in [6, 6.07) is 6.70. The van der Waals surface area contributed by atoms with Crippen LogP contribution in [0.2, 0.25) is 0 Å². The number of imide groups is 1.